The highest BCUT2D eigenvalue weighted by molar-refractivity contribution is 5.89. The molecule has 0 bridgehead atoms. The minimum absolute atomic E-state index is 0.184. The van der Waals surface area contributed by atoms with Crippen LogP contribution >= 0.6 is 0 Å². The second-order valence-corrected chi connectivity index (χ2v) is 5.34. The molecule has 7 heteroatoms. The second-order valence-electron chi connectivity index (χ2n) is 5.34. The number of carboxylic acids is 1. The number of benzene rings is 2. The van der Waals surface area contributed by atoms with Crippen molar-refractivity contribution in [2.45, 2.75) is 0 Å². The lowest BCUT2D eigenvalue weighted by atomic mass is 10.1. The van der Waals surface area contributed by atoms with Crippen LogP contribution in [0, 0.1) is 0 Å². The van der Waals surface area contributed by atoms with Crippen LogP contribution < -0.4 is 10.2 Å². The van der Waals surface area contributed by atoms with Crippen molar-refractivity contribution in [2.24, 2.45) is 5.10 Å². The molecule has 3 aromatic rings. The number of para-hydroxylation sites is 1. The molecule has 7 nitrogen and oxygen atoms in total. The maximum atomic E-state index is 11.8. The summed E-state index contributed by atoms with van der Waals surface area (Å²) in [7, 11) is 0. The summed E-state index contributed by atoms with van der Waals surface area (Å²) in [6.07, 6.45) is 3.08. The Morgan fingerprint density at radius 2 is 1.88 bits per heavy atom. The van der Waals surface area contributed by atoms with Crippen LogP contribution in [-0.2, 0) is 4.79 Å². The smallest absolute Gasteiger partial charge is 0.335 e. The predicted octanol–water partition coefficient (Wildman–Crippen LogP) is 2.46. The van der Waals surface area contributed by atoms with Crippen molar-refractivity contribution in [3.63, 3.8) is 0 Å². The number of aromatic carboxylic acids is 1. The zero-order chi connectivity index (χ0) is 18.4. The minimum Gasteiger partial charge on any atom is -0.481 e. The molecular weight excluding hydrogens is 334 g/mol. The van der Waals surface area contributed by atoms with Crippen molar-refractivity contribution in [3.8, 4) is 5.75 Å². The number of carbonyl (C=O) groups is 2. The molecule has 0 spiro atoms. The summed E-state index contributed by atoms with van der Waals surface area (Å²) < 4.78 is 5.51. The topological polar surface area (TPSA) is 101 Å². The number of amides is 1. The zero-order valence-electron chi connectivity index (χ0n) is 13.6. The van der Waals surface area contributed by atoms with Crippen LogP contribution in [0.25, 0.3) is 10.9 Å². The summed E-state index contributed by atoms with van der Waals surface area (Å²) in [6.45, 7) is -0.203. The number of nitrogens with one attached hydrogen (secondary N) is 1. The number of aromatic nitrogens is 1. The summed E-state index contributed by atoms with van der Waals surface area (Å²) >= 11 is 0. The molecule has 0 unspecified atom stereocenters. The molecule has 2 aromatic carbocycles. The Bertz CT molecular complexity index is 963. The first-order valence-electron chi connectivity index (χ1n) is 7.75. The highest BCUT2D eigenvalue weighted by Gasteiger charge is 2.06. The van der Waals surface area contributed by atoms with Gasteiger partial charge in [-0.1, -0.05) is 30.3 Å². The normalized spacial score (nSPS) is 10.8. The van der Waals surface area contributed by atoms with Crippen molar-refractivity contribution >= 4 is 29.0 Å². The van der Waals surface area contributed by atoms with Gasteiger partial charge in [-0.2, -0.15) is 5.10 Å². The van der Waals surface area contributed by atoms with E-state index in [4.69, 9.17) is 9.84 Å². The molecule has 130 valence electrons. The molecule has 0 aliphatic heterocycles. The average Bonchev–Trinajstić information content (AvgIpc) is 2.66. The molecule has 0 aliphatic rings. The Labute approximate surface area is 148 Å². The van der Waals surface area contributed by atoms with Gasteiger partial charge in [-0.15, -0.1) is 0 Å². The fourth-order valence-corrected chi connectivity index (χ4v) is 2.26. The highest BCUT2D eigenvalue weighted by atomic mass is 16.5. The standard InChI is InChI=1S/C19H15N3O4/c23-17(22-21-11-13-6-8-15(9-7-13)19(24)25)12-26-16-5-1-3-14-4-2-10-20-18(14)16/h1-11H,12H2,(H,22,23)(H,24,25)/b21-11+. The van der Waals surface area contributed by atoms with Crippen molar-refractivity contribution < 1.29 is 19.4 Å². The highest BCUT2D eigenvalue weighted by Crippen LogP contribution is 2.22. The fraction of sp³-hybridized carbons (Fsp3) is 0.0526. The number of fused-ring (bicyclic) bond motifs is 1. The van der Waals surface area contributed by atoms with E-state index in [1.165, 1.54) is 18.3 Å². The Kier molecular flexibility index (Phi) is 5.19. The van der Waals surface area contributed by atoms with Gasteiger partial charge in [0, 0.05) is 11.6 Å². The molecule has 0 atom stereocenters. The molecule has 0 aliphatic carbocycles. The zero-order valence-corrected chi connectivity index (χ0v) is 13.6. The molecule has 0 saturated carbocycles. The Morgan fingerprint density at radius 3 is 2.65 bits per heavy atom. The largest absolute Gasteiger partial charge is 0.481 e. The van der Waals surface area contributed by atoms with E-state index in [1.54, 1.807) is 24.4 Å². The molecule has 1 heterocycles. The van der Waals surface area contributed by atoms with Crippen molar-refractivity contribution in [2.75, 3.05) is 6.61 Å². The molecular formula is C19H15N3O4. The Morgan fingerprint density at radius 1 is 1.12 bits per heavy atom. The number of hydrogen-bond donors (Lipinski definition) is 2. The lowest BCUT2D eigenvalue weighted by molar-refractivity contribution is -0.123. The molecule has 0 fully saturated rings. The van der Waals surface area contributed by atoms with E-state index in [0.29, 0.717) is 16.8 Å². The summed E-state index contributed by atoms with van der Waals surface area (Å²) in [6, 6.07) is 15.3. The molecule has 1 aromatic heterocycles. The van der Waals surface area contributed by atoms with Crippen LogP contribution in [0.3, 0.4) is 0 Å². The summed E-state index contributed by atoms with van der Waals surface area (Å²) in [5.74, 6) is -0.898. The number of rotatable bonds is 6. The quantitative estimate of drug-likeness (QED) is 0.526. The molecule has 1 amide bonds. The number of ether oxygens (including phenoxy) is 1. The number of hydrogen-bond acceptors (Lipinski definition) is 5. The molecule has 0 radical (unpaired) electrons. The van der Waals surface area contributed by atoms with Crippen LogP contribution in [0.4, 0.5) is 0 Å². The van der Waals surface area contributed by atoms with Gasteiger partial charge < -0.3 is 9.84 Å². The third-order valence-corrected chi connectivity index (χ3v) is 3.51. The summed E-state index contributed by atoms with van der Waals surface area (Å²) in [5, 5.41) is 13.6. The fourth-order valence-electron chi connectivity index (χ4n) is 2.26. The maximum absolute atomic E-state index is 11.8. The van der Waals surface area contributed by atoms with Gasteiger partial charge in [0.25, 0.3) is 5.91 Å². The summed E-state index contributed by atoms with van der Waals surface area (Å²) in [5.41, 5.74) is 3.89. The van der Waals surface area contributed by atoms with E-state index in [-0.39, 0.29) is 12.2 Å². The first-order chi connectivity index (χ1) is 12.6. The van der Waals surface area contributed by atoms with Gasteiger partial charge in [0.2, 0.25) is 0 Å². The number of carboxylic acid groups (broad SMARTS) is 1. The number of nitrogens with zero attached hydrogens (tertiary/aromatic N) is 2. The van der Waals surface area contributed by atoms with Gasteiger partial charge >= 0.3 is 5.97 Å². The predicted molar refractivity (Wildman–Crippen MR) is 96.4 cm³/mol. The third-order valence-electron chi connectivity index (χ3n) is 3.51. The molecule has 0 saturated heterocycles. The lowest BCUT2D eigenvalue weighted by Gasteiger charge is -2.07. The average molecular weight is 349 g/mol. The van der Waals surface area contributed by atoms with Crippen molar-refractivity contribution in [3.05, 3.63) is 71.9 Å². The van der Waals surface area contributed by atoms with Crippen LogP contribution in [0.1, 0.15) is 15.9 Å². The number of hydrazone groups is 1. The minimum atomic E-state index is -0.998. The molecule has 3 rings (SSSR count). The first kappa shape index (κ1) is 17.1. The molecule has 2 N–H and O–H groups in total. The summed E-state index contributed by atoms with van der Waals surface area (Å²) in [4.78, 5) is 26.9. The third kappa shape index (κ3) is 4.21. The van der Waals surface area contributed by atoms with E-state index in [9.17, 15) is 9.59 Å². The van der Waals surface area contributed by atoms with Gasteiger partial charge in [0.1, 0.15) is 11.3 Å². The number of pyridine rings is 1. The van der Waals surface area contributed by atoms with Crippen molar-refractivity contribution in [1.29, 1.82) is 0 Å². The van der Waals surface area contributed by atoms with Crippen LogP contribution in [0.15, 0.2) is 65.9 Å². The number of carbonyl (C=O) groups excluding carboxylic acids is 1. The van der Waals surface area contributed by atoms with Crippen LogP contribution in [0.5, 0.6) is 5.75 Å². The molecule has 26 heavy (non-hydrogen) atoms. The lowest BCUT2D eigenvalue weighted by Crippen LogP contribution is -2.24. The SMILES string of the molecule is O=C(COc1cccc2cccnc12)N/N=C/c1ccc(C(=O)O)cc1. The van der Waals surface area contributed by atoms with Crippen LogP contribution in [0.2, 0.25) is 0 Å². The van der Waals surface area contributed by atoms with Crippen LogP contribution in [-0.4, -0.2) is 34.8 Å². The van der Waals surface area contributed by atoms with E-state index in [1.807, 2.05) is 24.3 Å². The van der Waals surface area contributed by atoms with Gasteiger partial charge in [-0.3, -0.25) is 9.78 Å². The van der Waals surface area contributed by atoms with E-state index in [2.05, 4.69) is 15.5 Å². The monoisotopic (exact) mass is 349 g/mol. The Balaban J connectivity index is 1.55. The van der Waals surface area contributed by atoms with E-state index >= 15 is 0 Å². The first-order valence-corrected chi connectivity index (χ1v) is 7.75. The maximum Gasteiger partial charge on any atom is 0.335 e. The van der Waals surface area contributed by atoms with Gasteiger partial charge in [-0.05, 0) is 29.8 Å². The van der Waals surface area contributed by atoms with Gasteiger partial charge in [-0.25, -0.2) is 10.2 Å². The second kappa shape index (κ2) is 7.89. The Hall–Kier alpha value is -3.74. The van der Waals surface area contributed by atoms with Crippen molar-refractivity contribution in [1.82, 2.24) is 10.4 Å². The van der Waals surface area contributed by atoms with Gasteiger partial charge in [0.05, 0.1) is 11.8 Å². The van der Waals surface area contributed by atoms with E-state index in [0.717, 1.165) is 5.39 Å². The van der Waals surface area contributed by atoms with Gasteiger partial charge in [0.15, 0.2) is 6.61 Å². The van der Waals surface area contributed by atoms with E-state index < -0.39 is 11.9 Å².